The van der Waals surface area contributed by atoms with Crippen LogP contribution >= 0.6 is 0 Å². The van der Waals surface area contributed by atoms with E-state index in [0.29, 0.717) is 6.61 Å². The van der Waals surface area contributed by atoms with Gasteiger partial charge in [0.05, 0.1) is 12.1 Å². The second-order valence-corrected chi connectivity index (χ2v) is 4.31. The topological polar surface area (TPSA) is 63.4 Å². The van der Waals surface area contributed by atoms with Crippen LogP contribution in [0.15, 0.2) is 6.07 Å². The molecule has 0 aliphatic carbocycles. The van der Waals surface area contributed by atoms with Gasteiger partial charge in [-0.1, -0.05) is 0 Å². The number of hydrogen-bond acceptors (Lipinski definition) is 5. The van der Waals surface area contributed by atoms with E-state index >= 15 is 0 Å². The summed E-state index contributed by atoms with van der Waals surface area (Å²) in [6.07, 6.45) is 0.761. The number of rotatable bonds is 3. The molecule has 5 nitrogen and oxygen atoms in total. The molecule has 2 unspecified atom stereocenters. The Morgan fingerprint density at radius 3 is 2.78 bits per heavy atom. The first-order valence-electron chi connectivity index (χ1n) is 5.71. The van der Waals surface area contributed by atoms with Crippen molar-refractivity contribution in [2.24, 2.45) is 5.84 Å². The van der Waals surface area contributed by atoms with E-state index in [-0.39, 0.29) is 23.8 Å². The number of pyridine rings is 1. The maximum Gasteiger partial charge on any atom is 0.178 e. The molecule has 1 saturated heterocycles. The lowest BCUT2D eigenvalue weighted by Gasteiger charge is -2.28. The van der Waals surface area contributed by atoms with Crippen molar-refractivity contribution in [2.45, 2.75) is 25.5 Å². The summed E-state index contributed by atoms with van der Waals surface area (Å²) >= 11 is 0. The zero-order chi connectivity index (χ0) is 13.3. The first-order valence-corrected chi connectivity index (χ1v) is 5.71. The van der Waals surface area contributed by atoms with Crippen molar-refractivity contribution in [1.82, 2.24) is 4.98 Å². The molecule has 1 fully saturated rings. The molecule has 3 N–H and O–H groups in total. The molecule has 2 heterocycles. The third kappa shape index (κ3) is 2.23. The lowest BCUT2D eigenvalue weighted by atomic mass is 10.1. The van der Waals surface area contributed by atoms with Gasteiger partial charge in [0.2, 0.25) is 0 Å². The van der Waals surface area contributed by atoms with Crippen molar-refractivity contribution in [3.63, 3.8) is 0 Å². The summed E-state index contributed by atoms with van der Waals surface area (Å²) in [5.74, 6) is 3.49. The van der Waals surface area contributed by atoms with E-state index in [2.05, 4.69) is 10.4 Å². The fraction of sp³-hybridized carbons (Fsp3) is 0.545. The number of nitrogens with one attached hydrogen (secondary N) is 1. The van der Waals surface area contributed by atoms with E-state index in [1.54, 1.807) is 11.9 Å². The molecule has 1 aliphatic rings. The maximum absolute atomic E-state index is 13.7. The third-order valence-corrected chi connectivity index (χ3v) is 3.22. The Morgan fingerprint density at radius 2 is 2.22 bits per heavy atom. The maximum atomic E-state index is 13.7. The van der Waals surface area contributed by atoms with E-state index < -0.39 is 11.6 Å². The highest BCUT2D eigenvalue weighted by atomic mass is 19.1. The highest BCUT2D eigenvalue weighted by Gasteiger charge is 2.30. The van der Waals surface area contributed by atoms with Crippen molar-refractivity contribution in [3.8, 4) is 0 Å². The molecule has 2 atom stereocenters. The van der Waals surface area contributed by atoms with E-state index in [1.165, 1.54) is 0 Å². The number of nitrogens with two attached hydrogens (primary N) is 1. The minimum absolute atomic E-state index is 0.0167. The zero-order valence-corrected chi connectivity index (χ0v) is 10.3. The zero-order valence-electron chi connectivity index (χ0n) is 10.3. The summed E-state index contributed by atoms with van der Waals surface area (Å²) < 4.78 is 32.4. The van der Waals surface area contributed by atoms with Gasteiger partial charge in [0, 0.05) is 19.7 Å². The smallest absolute Gasteiger partial charge is 0.178 e. The number of likely N-dealkylation sites (N-methyl/N-ethyl adjacent to an activating group) is 1. The monoisotopic (exact) mass is 258 g/mol. The minimum atomic E-state index is -0.817. The molecular weight excluding hydrogens is 242 g/mol. The molecule has 0 amide bonds. The average molecular weight is 258 g/mol. The van der Waals surface area contributed by atoms with Gasteiger partial charge in [-0.3, -0.25) is 0 Å². The molecule has 7 heteroatoms. The molecule has 1 aromatic rings. The largest absolute Gasteiger partial charge is 0.376 e. The second kappa shape index (κ2) is 5.03. The Hall–Kier alpha value is -1.47. The third-order valence-electron chi connectivity index (χ3n) is 3.22. The van der Waals surface area contributed by atoms with Gasteiger partial charge >= 0.3 is 0 Å². The van der Waals surface area contributed by atoms with Gasteiger partial charge in [-0.05, 0) is 13.3 Å². The van der Waals surface area contributed by atoms with Gasteiger partial charge in [0.15, 0.2) is 23.3 Å². The van der Waals surface area contributed by atoms with Gasteiger partial charge in [0.1, 0.15) is 0 Å². The molecule has 1 aliphatic heterocycles. The number of nitrogen functional groups attached to an aromatic ring is 1. The number of anilines is 2. The molecule has 0 aromatic carbocycles. The molecule has 2 rings (SSSR count). The van der Waals surface area contributed by atoms with Gasteiger partial charge in [-0.2, -0.15) is 0 Å². The molecule has 18 heavy (non-hydrogen) atoms. The quantitative estimate of drug-likeness (QED) is 0.631. The van der Waals surface area contributed by atoms with Crippen LogP contribution in [-0.2, 0) is 4.74 Å². The van der Waals surface area contributed by atoms with Crippen LogP contribution < -0.4 is 16.2 Å². The first kappa shape index (κ1) is 13.0. The predicted octanol–water partition coefficient (Wildman–Crippen LogP) is 1.26. The molecule has 0 saturated carbocycles. The van der Waals surface area contributed by atoms with Gasteiger partial charge in [0.25, 0.3) is 0 Å². The number of hydrogen-bond donors (Lipinski definition) is 2. The standard InChI is InChI=1S/C11H16F2N4O/c1-6-9(3-4-18-6)17(2)11-8(13)5-7(12)10(15-11)16-14/h5-6,9H,3-4,14H2,1-2H3,(H,15,16). The Balaban J connectivity index is 2.32. The molecule has 0 spiro atoms. The Labute approximate surface area is 104 Å². The van der Waals surface area contributed by atoms with Gasteiger partial charge < -0.3 is 15.1 Å². The molecular formula is C11H16F2N4O. The highest BCUT2D eigenvalue weighted by molar-refractivity contribution is 5.49. The van der Waals surface area contributed by atoms with Crippen LogP contribution in [0.1, 0.15) is 13.3 Å². The predicted molar refractivity (Wildman–Crippen MR) is 64.2 cm³/mol. The summed E-state index contributed by atoms with van der Waals surface area (Å²) in [4.78, 5) is 5.51. The average Bonchev–Trinajstić information content (AvgIpc) is 2.75. The van der Waals surface area contributed by atoms with Gasteiger partial charge in [-0.25, -0.2) is 19.6 Å². The second-order valence-electron chi connectivity index (χ2n) is 4.31. The first-order chi connectivity index (χ1) is 8.54. The number of hydrazine groups is 1. The van der Waals surface area contributed by atoms with Crippen LogP contribution in [0.4, 0.5) is 20.4 Å². The van der Waals surface area contributed by atoms with Crippen LogP contribution in [-0.4, -0.2) is 30.8 Å². The Kier molecular flexibility index (Phi) is 3.63. The number of nitrogens with zero attached hydrogens (tertiary/aromatic N) is 2. The van der Waals surface area contributed by atoms with E-state index in [9.17, 15) is 8.78 Å². The van der Waals surface area contributed by atoms with Crippen molar-refractivity contribution in [1.29, 1.82) is 0 Å². The van der Waals surface area contributed by atoms with Crippen molar-refractivity contribution in [3.05, 3.63) is 17.7 Å². The van der Waals surface area contributed by atoms with Crippen molar-refractivity contribution >= 4 is 11.6 Å². The number of halogens is 2. The minimum Gasteiger partial charge on any atom is -0.376 e. The number of ether oxygens (including phenoxy) is 1. The summed E-state index contributed by atoms with van der Waals surface area (Å²) in [6.45, 7) is 2.54. The summed E-state index contributed by atoms with van der Waals surface area (Å²) in [5, 5.41) is 0. The highest BCUT2D eigenvalue weighted by Crippen LogP contribution is 2.27. The van der Waals surface area contributed by atoms with Crippen LogP contribution in [0.25, 0.3) is 0 Å². The van der Waals surface area contributed by atoms with E-state index in [1.807, 2.05) is 6.92 Å². The Bertz CT molecular complexity index is 443. The van der Waals surface area contributed by atoms with Crippen molar-refractivity contribution in [2.75, 3.05) is 24.0 Å². The molecule has 0 radical (unpaired) electrons. The summed E-state index contributed by atoms with van der Waals surface area (Å²) in [7, 11) is 1.71. The normalized spacial score (nSPS) is 23.2. The fourth-order valence-electron chi connectivity index (χ4n) is 2.19. The lowest BCUT2D eigenvalue weighted by molar-refractivity contribution is 0.118. The van der Waals surface area contributed by atoms with E-state index in [4.69, 9.17) is 10.6 Å². The fourth-order valence-corrected chi connectivity index (χ4v) is 2.19. The lowest BCUT2D eigenvalue weighted by Crippen LogP contribution is -2.38. The van der Waals surface area contributed by atoms with Crippen LogP contribution in [0.3, 0.4) is 0 Å². The Morgan fingerprint density at radius 1 is 1.50 bits per heavy atom. The van der Waals surface area contributed by atoms with E-state index in [0.717, 1.165) is 12.5 Å². The van der Waals surface area contributed by atoms with Gasteiger partial charge in [-0.15, -0.1) is 0 Å². The summed E-state index contributed by atoms with van der Waals surface area (Å²) in [6, 6.07) is 0.789. The van der Waals surface area contributed by atoms with Crippen LogP contribution in [0.5, 0.6) is 0 Å². The molecule has 1 aromatic heterocycles. The van der Waals surface area contributed by atoms with Crippen LogP contribution in [0.2, 0.25) is 0 Å². The van der Waals surface area contributed by atoms with Crippen molar-refractivity contribution < 1.29 is 13.5 Å². The molecule has 0 bridgehead atoms. The SMILES string of the molecule is CC1OCCC1N(C)c1nc(NN)c(F)cc1F. The summed E-state index contributed by atoms with van der Waals surface area (Å²) in [5.41, 5.74) is 2.11. The molecule has 100 valence electrons. The number of aromatic nitrogens is 1. The van der Waals surface area contributed by atoms with Crippen LogP contribution in [0, 0.1) is 11.6 Å².